The lowest BCUT2D eigenvalue weighted by molar-refractivity contribution is 0.206. The molecule has 1 aliphatic rings. The summed E-state index contributed by atoms with van der Waals surface area (Å²) in [4.78, 5) is 16.3. The molecule has 0 atom stereocenters. The first kappa shape index (κ1) is 18.3. The smallest absolute Gasteiger partial charge is 0.317 e. The van der Waals surface area contributed by atoms with Crippen LogP contribution in [0.4, 0.5) is 10.5 Å². The fourth-order valence-electron chi connectivity index (χ4n) is 3.49. The Balaban J connectivity index is 1.55. The second kappa shape index (κ2) is 7.40. The van der Waals surface area contributed by atoms with E-state index in [2.05, 4.69) is 65.7 Å². The third-order valence-electron chi connectivity index (χ3n) is 5.37. The molecule has 0 heterocycles. The number of carbonyl (C=O) groups is 1. The molecule has 3 rings (SSSR count). The van der Waals surface area contributed by atoms with Crippen LogP contribution in [-0.2, 0) is 12.0 Å². The second-order valence-electron chi connectivity index (χ2n) is 7.67. The summed E-state index contributed by atoms with van der Waals surface area (Å²) in [6, 6.07) is 16.8. The summed E-state index contributed by atoms with van der Waals surface area (Å²) in [5, 5.41) is 3.14. The molecule has 1 N–H and O–H groups in total. The average molecular weight is 351 g/mol. The molecular weight excluding hydrogens is 322 g/mol. The summed E-state index contributed by atoms with van der Waals surface area (Å²) in [5.41, 5.74) is 5.12. The van der Waals surface area contributed by atoms with E-state index in [1.165, 1.54) is 11.1 Å². The molecule has 0 spiro atoms. The van der Waals surface area contributed by atoms with E-state index in [4.69, 9.17) is 0 Å². The zero-order valence-electron chi connectivity index (χ0n) is 16.2. The summed E-state index contributed by atoms with van der Waals surface area (Å²) < 4.78 is 0. The predicted molar refractivity (Wildman–Crippen MR) is 108 cm³/mol. The van der Waals surface area contributed by atoms with Crippen LogP contribution in [-0.4, -0.2) is 38.6 Å². The highest BCUT2D eigenvalue weighted by Gasteiger charge is 2.45. The van der Waals surface area contributed by atoms with Gasteiger partial charge in [-0.3, -0.25) is 0 Å². The Morgan fingerprint density at radius 2 is 1.69 bits per heavy atom. The fourth-order valence-corrected chi connectivity index (χ4v) is 3.49. The van der Waals surface area contributed by atoms with Crippen LogP contribution in [0.5, 0.6) is 0 Å². The Labute approximate surface area is 156 Å². The molecular formula is C22H29N3O. The van der Waals surface area contributed by atoms with Crippen molar-refractivity contribution in [2.45, 2.75) is 31.7 Å². The van der Waals surface area contributed by atoms with Crippen molar-refractivity contribution in [1.82, 2.24) is 10.2 Å². The van der Waals surface area contributed by atoms with E-state index in [1.807, 2.05) is 21.1 Å². The van der Waals surface area contributed by atoms with Crippen LogP contribution < -0.4 is 10.2 Å². The molecule has 2 aromatic rings. The normalized spacial score (nSPS) is 14.6. The van der Waals surface area contributed by atoms with Crippen LogP contribution in [0.2, 0.25) is 0 Å². The zero-order valence-corrected chi connectivity index (χ0v) is 16.2. The monoisotopic (exact) mass is 351 g/mol. The minimum Gasteiger partial charge on any atom is -0.378 e. The van der Waals surface area contributed by atoms with Crippen molar-refractivity contribution < 1.29 is 4.79 Å². The van der Waals surface area contributed by atoms with Gasteiger partial charge in [0.05, 0.1) is 0 Å². The maximum absolute atomic E-state index is 12.5. The lowest BCUT2D eigenvalue weighted by atomic mass is 9.92. The standard InChI is InChI=1S/C22H29N3O/c1-17-7-5-6-8-20(17)22(13-14-22)16-23-21(26)25(4)15-18-9-11-19(12-10-18)24(2)3/h5-12H,13-16H2,1-4H3,(H,23,26). The Kier molecular flexibility index (Phi) is 5.21. The third-order valence-corrected chi connectivity index (χ3v) is 5.37. The van der Waals surface area contributed by atoms with Crippen molar-refractivity contribution in [3.63, 3.8) is 0 Å². The minimum absolute atomic E-state index is 0.0125. The van der Waals surface area contributed by atoms with Crippen molar-refractivity contribution in [2.75, 3.05) is 32.6 Å². The molecule has 26 heavy (non-hydrogen) atoms. The van der Waals surface area contributed by atoms with Gasteiger partial charge in [0.15, 0.2) is 0 Å². The highest BCUT2D eigenvalue weighted by molar-refractivity contribution is 5.74. The SMILES string of the molecule is Cc1ccccc1C1(CNC(=O)N(C)Cc2ccc(N(C)C)cc2)CC1. The van der Waals surface area contributed by atoms with Gasteiger partial charge in [0.1, 0.15) is 0 Å². The zero-order chi connectivity index (χ0) is 18.7. The van der Waals surface area contributed by atoms with Gasteiger partial charge in [0, 0.05) is 45.3 Å². The van der Waals surface area contributed by atoms with Gasteiger partial charge in [-0.25, -0.2) is 4.79 Å². The van der Waals surface area contributed by atoms with Gasteiger partial charge in [-0.1, -0.05) is 36.4 Å². The molecule has 138 valence electrons. The minimum atomic E-state index is -0.0125. The summed E-state index contributed by atoms with van der Waals surface area (Å²) in [7, 11) is 5.90. The van der Waals surface area contributed by atoms with E-state index >= 15 is 0 Å². The van der Waals surface area contributed by atoms with Crippen LogP contribution in [0.1, 0.15) is 29.5 Å². The number of carbonyl (C=O) groups excluding carboxylic acids is 1. The molecule has 0 unspecified atom stereocenters. The van der Waals surface area contributed by atoms with Gasteiger partial charge >= 0.3 is 6.03 Å². The topological polar surface area (TPSA) is 35.6 Å². The quantitative estimate of drug-likeness (QED) is 0.856. The lowest BCUT2D eigenvalue weighted by Gasteiger charge is -2.23. The molecule has 2 aromatic carbocycles. The van der Waals surface area contributed by atoms with Crippen LogP contribution in [0.25, 0.3) is 0 Å². The van der Waals surface area contributed by atoms with Crippen LogP contribution in [0.3, 0.4) is 0 Å². The van der Waals surface area contributed by atoms with Crippen molar-refractivity contribution in [3.8, 4) is 0 Å². The molecule has 4 nitrogen and oxygen atoms in total. The fraction of sp³-hybridized carbons (Fsp3) is 0.409. The van der Waals surface area contributed by atoms with Gasteiger partial charge < -0.3 is 15.1 Å². The van der Waals surface area contributed by atoms with Crippen molar-refractivity contribution in [1.29, 1.82) is 0 Å². The summed E-state index contributed by atoms with van der Waals surface area (Å²) in [6.07, 6.45) is 2.29. The van der Waals surface area contributed by atoms with E-state index in [0.29, 0.717) is 13.1 Å². The van der Waals surface area contributed by atoms with Crippen molar-refractivity contribution in [3.05, 3.63) is 65.2 Å². The van der Waals surface area contributed by atoms with Gasteiger partial charge in [0.25, 0.3) is 0 Å². The molecule has 4 heteroatoms. The number of nitrogens with one attached hydrogen (secondary N) is 1. The summed E-state index contributed by atoms with van der Waals surface area (Å²) >= 11 is 0. The van der Waals surface area contributed by atoms with Crippen LogP contribution >= 0.6 is 0 Å². The van der Waals surface area contributed by atoms with E-state index in [-0.39, 0.29) is 11.4 Å². The van der Waals surface area contributed by atoms with Crippen LogP contribution in [0.15, 0.2) is 48.5 Å². The second-order valence-corrected chi connectivity index (χ2v) is 7.67. The lowest BCUT2D eigenvalue weighted by Crippen LogP contribution is -2.40. The Hall–Kier alpha value is -2.49. The number of anilines is 1. The number of hydrogen-bond donors (Lipinski definition) is 1. The van der Waals surface area contributed by atoms with E-state index < -0.39 is 0 Å². The largest absolute Gasteiger partial charge is 0.378 e. The first-order valence-electron chi connectivity index (χ1n) is 9.23. The van der Waals surface area contributed by atoms with E-state index in [1.54, 1.807) is 4.90 Å². The molecule has 0 aliphatic heterocycles. The molecule has 1 saturated carbocycles. The number of amides is 2. The number of nitrogens with zero attached hydrogens (tertiary/aromatic N) is 2. The molecule has 1 aliphatic carbocycles. The number of rotatable bonds is 6. The first-order valence-corrected chi connectivity index (χ1v) is 9.23. The maximum atomic E-state index is 12.5. The number of benzene rings is 2. The number of hydrogen-bond acceptors (Lipinski definition) is 2. The number of urea groups is 1. The summed E-state index contributed by atoms with van der Waals surface area (Å²) in [5.74, 6) is 0. The molecule has 0 bridgehead atoms. The van der Waals surface area contributed by atoms with Crippen molar-refractivity contribution in [2.24, 2.45) is 0 Å². The Morgan fingerprint density at radius 3 is 2.27 bits per heavy atom. The Morgan fingerprint density at radius 1 is 1.04 bits per heavy atom. The van der Waals surface area contributed by atoms with Gasteiger partial charge in [0.2, 0.25) is 0 Å². The van der Waals surface area contributed by atoms with Crippen molar-refractivity contribution >= 4 is 11.7 Å². The summed E-state index contributed by atoms with van der Waals surface area (Å²) in [6.45, 7) is 3.47. The van der Waals surface area contributed by atoms with Crippen LogP contribution in [0, 0.1) is 6.92 Å². The highest BCUT2D eigenvalue weighted by Crippen LogP contribution is 2.48. The molecule has 0 radical (unpaired) electrons. The third kappa shape index (κ3) is 4.01. The number of aryl methyl sites for hydroxylation is 1. The van der Waals surface area contributed by atoms with Gasteiger partial charge in [-0.05, 0) is 48.6 Å². The van der Waals surface area contributed by atoms with E-state index in [0.717, 1.165) is 24.1 Å². The Bertz CT molecular complexity index is 763. The first-order chi connectivity index (χ1) is 12.4. The predicted octanol–water partition coefficient (Wildman–Crippen LogP) is 3.93. The van der Waals surface area contributed by atoms with Gasteiger partial charge in [-0.15, -0.1) is 0 Å². The maximum Gasteiger partial charge on any atom is 0.317 e. The molecule has 2 amide bonds. The molecule has 0 aromatic heterocycles. The average Bonchev–Trinajstić information content (AvgIpc) is 3.41. The van der Waals surface area contributed by atoms with E-state index in [9.17, 15) is 4.79 Å². The molecule has 0 saturated heterocycles. The highest BCUT2D eigenvalue weighted by atomic mass is 16.2. The van der Waals surface area contributed by atoms with Gasteiger partial charge in [-0.2, -0.15) is 0 Å². The molecule has 1 fully saturated rings.